The van der Waals surface area contributed by atoms with Crippen LogP contribution in [0.1, 0.15) is 79.3 Å². The van der Waals surface area contributed by atoms with Crippen LogP contribution in [0.25, 0.3) is 5.69 Å². The van der Waals surface area contributed by atoms with Crippen LogP contribution in [0, 0.1) is 5.92 Å². The maximum Gasteiger partial charge on any atom is 0.245 e. The number of halogens is 1. The Bertz CT molecular complexity index is 913. The first-order valence-electron chi connectivity index (χ1n) is 11.9. The third-order valence-corrected chi connectivity index (χ3v) is 5.59. The molecule has 0 unspecified atom stereocenters. The van der Waals surface area contributed by atoms with Gasteiger partial charge in [0.25, 0.3) is 0 Å². The summed E-state index contributed by atoms with van der Waals surface area (Å²) in [7, 11) is 0. The van der Waals surface area contributed by atoms with Crippen LogP contribution in [0.15, 0.2) is 30.3 Å². The predicted octanol–water partition coefficient (Wildman–Crippen LogP) is 6.22. The van der Waals surface area contributed by atoms with Crippen molar-refractivity contribution in [3.63, 3.8) is 0 Å². The topological polar surface area (TPSA) is 67.2 Å². The normalized spacial score (nSPS) is 11.6. The van der Waals surface area contributed by atoms with E-state index in [2.05, 4.69) is 46.9 Å². The Morgan fingerprint density at radius 2 is 1.79 bits per heavy atom. The van der Waals surface area contributed by atoms with E-state index >= 15 is 0 Å². The number of amides is 2. The molecule has 0 saturated carbocycles. The molecule has 1 aromatic heterocycles. The van der Waals surface area contributed by atoms with E-state index in [1.54, 1.807) is 21.7 Å². The third kappa shape index (κ3) is 8.50. The van der Waals surface area contributed by atoms with Crippen molar-refractivity contribution in [3.8, 4) is 5.69 Å². The van der Waals surface area contributed by atoms with Gasteiger partial charge >= 0.3 is 0 Å². The summed E-state index contributed by atoms with van der Waals surface area (Å²) < 4.78 is 1.72. The van der Waals surface area contributed by atoms with E-state index in [1.807, 2.05) is 18.2 Å². The van der Waals surface area contributed by atoms with Gasteiger partial charge in [0.1, 0.15) is 5.82 Å². The molecule has 182 valence electrons. The lowest BCUT2D eigenvalue weighted by Crippen LogP contribution is -2.40. The van der Waals surface area contributed by atoms with Gasteiger partial charge in [0.05, 0.1) is 17.9 Å². The summed E-state index contributed by atoms with van der Waals surface area (Å²) in [6, 6.07) is 9.21. The van der Waals surface area contributed by atoms with Crippen molar-refractivity contribution in [1.29, 1.82) is 0 Å². The highest BCUT2D eigenvalue weighted by atomic mass is 35.5. The molecule has 2 amide bonds. The fourth-order valence-corrected chi connectivity index (χ4v) is 3.65. The first kappa shape index (κ1) is 26.9. The molecule has 2 rings (SSSR count). The van der Waals surface area contributed by atoms with Crippen molar-refractivity contribution in [2.24, 2.45) is 5.92 Å². The molecule has 0 aliphatic rings. The van der Waals surface area contributed by atoms with Crippen LogP contribution in [-0.4, -0.2) is 39.6 Å². The fraction of sp³-hybridized carbons (Fsp3) is 0.577. The lowest BCUT2D eigenvalue weighted by Gasteiger charge is -2.24. The summed E-state index contributed by atoms with van der Waals surface area (Å²) in [5.74, 6) is 0.668. The average molecular weight is 475 g/mol. The molecule has 7 heteroatoms. The number of anilines is 1. The maximum atomic E-state index is 13.0. The molecule has 0 atom stereocenters. The minimum Gasteiger partial charge on any atom is -0.333 e. The van der Waals surface area contributed by atoms with Crippen molar-refractivity contribution in [2.75, 3.05) is 18.4 Å². The molecule has 0 radical (unpaired) electrons. The number of carbonyl (C=O) groups is 2. The summed E-state index contributed by atoms with van der Waals surface area (Å²) in [6.07, 6.45) is 4.64. The van der Waals surface area contributed by atoms with Crippen molar-refractivity contribution in [1.82, 2.24) is 14.7 Å². The first-order chi connectivity index (χ1) is 15.5. The molecule has 6 nitrogen and oxygen atoms in total. The zero-order valence-corrected chi connectivity index (χ0v) is 21.7. The Labute approximate surface area is 203 Å². The zero-order chi connectivity index (χ0) is 24.6. The van der Waals surface area contributed by atoms with Gasteiger partial charge in [0, 0.05) is 29.5 Å². The van der Waals surface area contributed by atoms with Crippen LogP contribution in [0.4, 0.5) is 5.82 Å². The highest BCUT2D eigenvalue weighted by Gasteiger charge is 2.23. The van der Waals surface area contributed by atoms with Gasteiger partial charge in [-0.2, -0.15) is 5.10 Å². The van der Waals surface area contributed by atoms with Crippen LogP contribution in [0.2, 0.25) is 5.02 Å². The highest BCUT2D eigenvalue weighted by molar-refractivity contribution is 6.30. The number of hydrogen-bond donors (Lipinski definition) is 1. The SMILES string of the molecule is CCCCCCC(=O)N(CC(=O)Nc1cc(C(C)(C)C)nn1-c1ccc(Cl)cc1)CC(C)C. The Kier molecular flexibility index (Phi) is 9.96. The summed E-state index contributed by atoms with van der Waals surface area (Å²) in [5, 5.41) is 8.35. The van der Waals surface area contributed by atoms with Crippen LogP contribution < -0.4 is 5.32 Å². The summed E-state index contributed by atoms with van der Waals surface area (Å²) >= 11 is 6.05. The molecule has 1 heterocycles. The largest absolute Gasteiger partial charge is 0.333 e. The number of hydrogen-bond acceptors (Lipinski definition) is 3. The van der Waals surface area contributed by atoms with Crippen LogP contribution in [-0.2, 0) is 15.0 Å². The second-order valence-corrected chi connectivity index (χ2v) is 10.5. The monoisotopic (exact) mass is 474 g/mol. The lowest BCUT2D eigenvalue weighted by molar-refractivity contribution is -0.135. The van der Waals surface area contributed by atoms with E-state index < -0.39 is 0 Å². The summed E-state index contributed by atoms with van der Waals surface area (Å²) in [6.45, 7) is 13.1. The van der Waals surface area contributed by atoms with E-state index in [4.69, 9.17) is 16.7 Å². The molecule has 0 spiro atoms. The van der Waals surface area contributed by atoms with Gasteiger partial charge in [0.15, 0.2) is 0 Å². The van der Waals surface area contributed by atoms with E-state index in [0.717, 1.165) is 37.1 Å². The van der Waals surface area contributed by atoms with E-state index in [1.165, 1.54) is 0 Å². The number of benzene rings is 1. The van der Waals surface area contributed by atoms with Gasteiger partial charge in [-0.05, 0) is 36.6 Å². The predicted molar refractivity (Wildman–Crippen MR) is 136 cm³/mol. The fourth-order valence-electron chi connectivity index (χ4n) is 3.53. The second kappa shape index (κ2) is 12.2. The van der Waals surface area contributed by atoms with Crippen LogP contribution in [0.5, 0.6) is 0 Å². The maximum absolute atomic E-state index is 13.0. The molecule has 0 saturated heterocycles. The van der Waals surface area contributed by atoms with E-state index in [9.17, 15) is 9.59 Å². The molecule has 2 aromatic rings. The number of nitrogens with zero attached hydrogens (tertiary/aromatic N) is 3. The molecular formula is C26H39ClN4O2. The number of carbonyl (C=O) groups excluding carboxylic acids is 2. The van der Waals surface area contributed by atoms with Gasteiger partial charge < -0.3 is 10.2 Å². The van der Waals surface area contributed by atoms with Crippen molar-refractivity contribution in [2.45, 2.75) is 79.1 Å². The van der Waals surface area contributed by atoms with E-state index in [0.29, 0.717) is 23.8 Å². The minimum absolute atomic E-state index is 0.0292. The number of unbranched alkanes of at least 4 members (excludes halogenated alkanes) is 3. The highest BCUT2D eigenvalue weighted by Crippen LogP contribution is 2.27. The van der Waals surface area contributed by atoms with Crippen molar-refractivity contribution < 1.29 is 9.59 Å². The summed E-state index contributed by atoms with van der Waals surface area (Å²) in [5.41, 5.74) is 1.48. The number of rotatable bonds is 11. The van der Waals surface area contributed by atoms with Crippen molar-refractivity contribution >= 4 is 29.2 Å². The third-order valence-electron chi connectivity index (χ3n) is 5.33. The molecule has 0 aliphatic heterocycles. The Hall–Kier alpha value is -2.34. The van der Waals surface area contributed by atoms with Gasteiger partial charge in [-0.15, -0.1) is 0 Å². The molecular weight excluding hydrogens is 436 g/mol. The molecule has 0 fully saturated rings. The zero-order valence-electron chi connectivity index (χ0n) is 20.9. The molecule has 0 bridgehead atoms. The van der Waals surface area contributed by atoms with Crippen LogP contribution in [0.3, 0.4) is 0 Å². The summed E-state index contributed by atoms with van der Waals surface area (Å²) in [4.78, 5) is 27.5. The van der Waals surface area contributed by atoms with Crippen LogP contribution >= 0.6 is 11.6 Å². The number of nitrogens with one attached hydrogen (secondary N) is 1. The van der Waals surface area contributed by atoms with Crippen molar-refractivity contribution in [3.05, 3.63) is 41.0 Å². The van der Waals surface area contributed by atoms with Gasteiger partial charge in [-0.3, -0.25) is 9.59 Å². The Morgan fingerprint density at radius 3 is 2.36 bits per heavy atom. The van der Waals surface area contributed by atoms with E-state index in [-0.39, 0.29) is 29.7 Å². The van der Waals surface area contributed by atoms with Gasteiger partial charge in [0.2, 0.25) is 11.8 Å². The van der Waals surface area contributed by atoms with Gasteiger partial charge in [-0.25, -0.2) is 4.68 Å². The van der Waals surface area contributed by atoms with Gasteiger partial charge in [-0.1, -0.05) is 72.4 Å². The quantitative estimate of drug-likeness (QED) is 0.393. The molecule has 33 heavy (non-hydrogen) atoms. The lowest BCUT2D eigenvalue weighted by atomic mass is 9.92. The standard InChI is InChI=1S/C26H39ClN4O2/c1-7-8-9-10-11-25(33)30(17-19(2)3)18-24(32)28-23-16-22(26(4,5)6)29-31(23)21-14-12-20(27)13-15-21/h12-16,19H,7-11,17-18H2,1-6H3,(H,28,32). The number of aromatic nitrogens is 2. The molecule has 1 aromatic carbocycles. The average Bonchev–Trinajstić information content (AvgIpc) is 3.15. The second-order valence-electron chi connectivity index (χ2n) is 10.1. The molecule has 0 aliphatic carbocycles. The minimum atomic E-state index is -0.229. The smallest absolute Gasteiger partial charge is 0.245 e. The molecule has 1 N–H and O–H groups in total. The first-order valence-corrected chi connectivity index (χ1v) is 12.3. The Balaban J connectivity index is 2.19. The Morgan fingerprint density at radius 1 is 1.12 bits per heavy atom.